The number of Topliss-reactive ketones (excluding diaryl/α,β-unsaturated/α-hetero) is 1. The summed E-state index contributed by atoms with van der Waals surface area (Å²) in [5.74, 6) is 1.76. The number of ketones is 1. The quantitative estimate of drug-likeness (QED) is 0.449. The zero-order chi connectivity index (χ0) is 25.6. The molecule has 1 amide bonds. The predicted molar refractivity (Wildman–Crippen MR) is 132 cm³/mol. The lowest BCUT2D eigenvalue weighted by Gasteiger charge is -2.43. The molecule has 37 heavy (non-hydrogen) atoms. The first-order chi connectivity index (χ1) is 18.0. The summed E-state index contributed by atoms with van der Waals surface area (Å²) in [5.41, 5.74) is 0.833. The number of piperidine rings is 1. The van der Waals surface area contributed by atoms with Gasteiger partial charge in [-0.25, -0.2) is 4.98 Å². The number of H-pyrrole nitrogens is 1. The van der Waals surface area contributed by atoms with Crippen molar-refractivity contribution in [2.75, 3.05) is 27.3 Å². The second-order valence-corrected chi connectivity index (χ2v) is 9.20. The largest absolute Gasteiger partial charge is 0.496 e. The van der Waals surface area contributed by atoms with Gasteiger partial charge in [0.1, 0.15) is 22.8 Å². The van der Waals surface area contributed by atoms with E-state index in [-0.39, 0.29) is 23.8 Å². The minimum atomic E-state index is -0.647. The van der Waals surface area contributed by atoms with Crippen LogP contribution in [0.15, 0.2) is 42.5 Å². The van der Waals surface area contributed by atoms with Crippen LogP contribution in [0.4, 0.5) is 0 Å². The first-order valence-corrected chi connectivity index (χ1v) is 11.9. The Morgan fingerprint density at radius 2 is 1.92 bits per heavy atom. The van der Waals surface area contributed by atoms with Gasteiger partial charge >= 0.3 is 0 Å². The molecule has 1 saturated heterocycles. The number of aromatic amines is 1. The highest BCUT2D eigenvalue weighted by Crippen LogP contribution is 2.41. The lowest BCUT2D eigenvalue weighted by molar-refractivity contribution is -0.00585. The van der Waals surface area contributed by atoms with E-state index < -0.39 is 5.60 Å². The van der Waals surface area contributed by atoms with Crippen molar-refractivity contribution < 1.29 is 23.8 Å². The fourth-order valence-electron chi connectivity index (χ4n) is 5.14. The molecule has 2 aliphatic rings. The van der Waals surface area contributed by atoms with E-state index in [0.717, 1.165) is 10.8 Å². The van der Waals surface area contributed by atoms with E-state index in [1.54, 1.807) is 30.2 Å². The first kappa shape index (κ1) is 22.9. The van der Waals surface area contributed by atoms with Gasteiger partial charge in [-0.15, -0.1) is 10.2 Å². The minimum Gasteiger partial charge on any atom is -0.496 e. The number of nitrogens with one attached hydrogen (secondary N) is 1. The fourth-order valence-corrected chi connectivity index (χ4v) is 5.14. The standard InChI is InChI=1S/C26H24N6O5/c1-35-21-5-3-4-16-17(21)13-19(27-24(16)36-2)25(34)32-10-8-26(9-11-32)14-20(33)18-12-15(6-7-22(18)37-26)23-28-30-31-29-23/h3-7,12-13H,8-11,14H2,1-2H3,(H,28,29,30,31). The van der Waals surface area contributed by atoms with Crippen molar-refractivity contribution in [2.24, 2.45) is 0 Å². The number of methoxy groups -OCH3 is 2. The number of tetrazole rings is 1. The summed E-state index contributed by atoms with van der Waals surface area (Å²) in [6.45, 7) is 0.882. The Morgan fingerprint density at radius 3 is 2.65 bits per heavy atom. The molecule has 0 saturated carbocycles. The molecule has 2 aliphatic heterocycles. The number of hydrogen-bond donors (Lipinski definition) is 1. The third kappa shape index (κ3) is 3.92. The highest BCUT2D eigenvalue weighted by atomic mass is 16.5. The maximum absolute atomic E-state index is 13.4. The van der Waals surface area contributed by atoms with Crippen LogP contribution in [0.5, 0.6) is 17.4 Å². The minimum absolute atomic E-state index is 0.000557. The normalized spacial score (nSPS) is 16.4. The lowest BCUT2D eigenvalue weighted by atomic mass is 9.82. The Kier molecular flexibility index (Phi) is 5.47. The molecule has 0 atom stereocenters. The Labute approximate surface area is 211 Å². The number of likely N-dealkylation sites (tertiary alicyclic amines) is 1. The van der Waals surface area contributed by atoms with Gasteiger partial charge in [0.15, 0.2) is 5.78 Å². The average Bonchev–Trinajstić information content (AvgIpc) is 3.47. The summed E-state index contributed by atoms with van der Waals surface area (Å²) >= 11 is 0. The molecule has 1 fully saturated rings. The molecule has 0 radical (unpaired) electrons. The zero-order valence-electron chi connectivity index (χ0n) is 20.4. The van der Waals surface area contributed by atoms with Crippen molar-refractivity contribution in [3.63, 3.8) is 0 Å². The van der Waals surface area contributed by atoms with Gasteiger partial charge in [-0.2, -0.15) is 5.21 Å². The van der Waals surface area contributed by atoms with E-state index in [1.165, 1.54) is 7.11 Å². The Hall–Kier alpha value is -4.54. The molecule has 6 rings (SSSR count). The monoisotopic (exact) mass is 500 g/mol. The number of carbonyl (C=O) groups excluding carboxylic acids is 2. The second kappa shape index (κ2) is 8.84. The summed E-state index contributed by atoms with van der Waals surface area (Å²) in [6, 6.07) is 12.6. The first-order valence-electron chi connectivity index (χ1n) is 11.9. The molecule has 188 valence electrons. The molecular formula is C26H24N6O5. The molecule has 0 unspecified atom stereocenters. The van der Waals surface area contributed by atoms with Crippen molar-refractivity contribution in [3.05, 3.63) is 53.7 Å². The smallest absolute Gasteiger partial charge is 0.272 e. The summed E-state index contributed by atoms with van der Waals surface area (Å²) in [5, 5.41) is 15.5. The molecule has 4 heterocycles. The van der Waals surface area contributed by atoms with E-state index in [9.17, 15) is 9.59 Å². The van der Waals surface area contributed by atoms with Gasteiger partial charge in [-0.1, -0.05) is 6.07 Å². The number of fused-ring (bicyclic) bond motifs is 2. The molecule has 11 heteroatoms. The van der Waals surface area contributed by atoms with Crippen LogP contribution in [0.25, 0.3) is 22.2 Å². The number of nitrogens with zero attached hydrogens (tertiary/aromatic N) is 5. The SMILES string of the molecule is COc1cccc2c(OC)nc(C(=O)N3CCC4(CC3)CC(=O)c3cc(-c5nn[nH]n5)ccc3O4)cc12. The summed E-state index contributed by atoms with van der Waals surface area (Å²) in [7, 11) is 3.11. The van der Waals surface area contributed by atoms with Gasteiger partial charge in [0, 0.05) is 42.3 Å². The highest BCUT2D eigenvalue weighted by Gasteiger charge is 2.44. The highest BCUT2D eigenvalue weighted by molar-refractivity contribution is 6.02. The van der Waals surface area contributed by atoms with E-state index >= 15 is 0 Å². The van der Waals surface area contributed by atoms with E-state index in [1.807, 2.05) is 24.3 Å². The van der Waals surface area contributed by atoms with E-state index in [2.05, 4.69) is 25.6 Å². The Bertz CT molecular complexity index is 1510. The Morgan fingerprint density at radius 1 is 1.08 bits per heavy atom. The fraction of sp³-hybridized carbons (Fsp3) is 0.308. The maximum atomic E-state index is 13.4. The predicted octanol–water partition coefficient (Wildman–Crippen LogP) is 3.07. The lowest BCUT2D eigenvalue weighted by Crippen LogP contribution is -2.52. The van der Waals surface area contributed by atoms with Crippen molar-refractivity contribution in [3.8, 4) is 28.8 Å². The van der Waals surface area contributed by atoms with Crippen LogP contribution in [-0.2, 0) is 0 Å². The van der Waals surface area contributed by atoms with Gasteiger partial charge in [-0.05, 0) is 41.6 Å². The number of ether oxygens (including phenoxy) is 3. The van der Waals surface area contributed by atoms with Gasteiger partial charge in [0.25, 0.3) is 5.91 Å². The van der Waals surface area contributed by atoms with Crippen molar-refractivity contribution >= 4 is 22.5 Å². The maximum Gasteiger partial charge on any atom is 0.272 e. The number of benzene rings is 2. The molecule has 0 aliphatic carbocycles. The molecule has 1 N–H and O–H groups in total. The van der Waals surface area contributed by atoms with Crippen molar-refractivity contribution in [1.82, 2.24) is 30.5 Å². The number of amides is 1. The number of carbonyl (C=O) groups is 2. The zero-order valence-corrected chi connectivity index (χ0v) is 20.4. The second-order valence-electron chi connectivity index (χ2n) is 9.20. The topological polar surface area (TPSA) is 132 Å². The van der Waals surface area contributed by atoms with Crippen LogP contribution in [0.3, 0.4) is 0 Å². The van der Waals surface area contributed by atoms with Crippen LogP contribution >= 0.6 is 0 Å². The molecule has 2 aromatic carbocycles. The molecule has 4 aromatic rings. The Balaban J connectivity index is 1.21. The molecule has 0 bridgehead atoms. The van der Waals surface area contributed by atoms with Gasteiger partial charge in [0.05, 0.1) is 26.2 Å². The van der Waals surface area contributed by atoms with E-state index in [0.29, 0.717) is 60.3 Å². The van der Waals surface area contributed by atoms with Crippen LogP contribution in [0.2, 0.25) is 0 Å². The number of rotatable bonds is 4. The van der Waals surface area contributed by atoms with Crippen molar-refractivity contribution in [1.29, 1.82) is 0 Å². The third-order valence-electron chi connectivity index (χ3n) is 7.09. The van der Waals surface area contributed by atoms with Gasteiger partial charge in [0.2, 0.25) is 11.7 Å². The van der Waals surface area contributed by atoms with Gasteiger partial charge < -0.3 is 19.1 Å². The molecule has 1 spiro atoms. The van der Waals surface area contributed by atoms with Crippen LogP contribution < -0.4 is 14.2 Å². The third-order valence-corrected chi connectivity index (χ3v) is 7.09. The van der Waals surface area contributed by atoms with Crippen molar-refractivity contribution in [2.45, 2.75) is 24.9 Å². The van der Waals surface area contributed by atoms with Crippen LogP contribution in [0.1, 0.15) is 40.1 Å². The van der Waals surface area contributed by atoms with Crippen LogP contribution in [0, 0.1) is 0 Å². The van der Waals surface area contributed by atoms with Crippen LogP contribution in [-0.4, -0.2) is 75.1 Å². The molecular weight excluding hydrogens is 476 g/mol. The molecule has 11 nitrogen and oxygen atoms in total. The summed E-state index contributed by atoms with van der Waals surface area (Å²) in [4.78, 5) is 32.8. The number of aromatic nitrogens is 5. The number of pyridine rings is 1. The average molecular weight is 501 g/mol. The summed E-state index contributed by atoms with van der Waals surface area (Å²) < 4.78 is 17.3. The number of hydrogen-bond acceptors (Lipinski definition) is 9. The van der Waals surface area contributed by atoms with E-state index in [4.69, 9.17) is 14.2 Å². The molecule has 2 aromatic heterocycles. The summed E-state index contributed by atoms with van der Waals surface area (Å²) in [6.07, 6.45) is 1.31. The van der Waals surface area contributed by atoms with Gasteiger partial charge in [-0.3, -0.25) is 9.59 Å².